The van der Waals surface area contributed by atoms with Gasteiger partial charge in [0.15, 0.2) is 0 Å². The Morgan fingerprint density at radius 3 is 1.63 bits per heavy atom. The van der Waals surface area contributed by atoms with E-state index in [9.17, 15) is 0 Å². The van der Waals surface area contributed by atoms with Crippen LogP contribution in [0.5, 0.6) is 0 Å². The Kier molecular flexibility index (Phi) is 6.27. The van der Waals surface area contributed by atoms with Crippen LogP contribution in [-0.4, -0.2) is 0 Å². The van der Waals surface area contributed by atoms with Crippen molar-refractivity contribution in [3.05, 3.63) is 172 Å². The Balaban J connectivity index is 0.909. The SMILES string of the molecule is CC1(C)c2ccccc2-c2ccc(C3=CC4=C(CC3)c3ccc5c6c(ccc(c36)S4)Sc3cc(-c4ccc6c(c4)C(C)(C)c4ccccc4-6)ccc3-5)cc21. The highest BCUT2D eigenvalue weighted by molar-refractivity contribution is 8.03. The lowest BCUT2D eigenvalue weighted by atomic mass is 9.80. The second-order valence-electron chi connectivity index (χ2n) is 16.8. The summed E-state index contributed by atoms with van der Waals surface area (Å²) in [7, 11) is 0. The van der Waals surface area contributed by atoms with Gasteiger partial charge in [-0.1, -0.05) is 148 Å². The zero-order valence-electron chi connectivity index (χ0n) is 30.9. The first-order valence-electron chi connectivity index (χ1n) is 19.3. The number of hydrogen-bond acceptors (Lipinski definition) is 2. The van der Waals surface area contributed by atoms with E-state index in [2.05, 4.69) is 161 Å². The number of fused-ring (bicyclic) bond motifs is 9. The van der Waals surface area contributed by atoms with Gasteiger partial charge in [0, 0.05) is 41.2 Å². The fraction of sp³-hybridized carbons (Fsp3) is 0.154. The molecule has 5 aliphatic rings. The lowest BCUT2D eigenvalue weighted by Crippen LogP contribution is -2.15. The first-order chi connectivity index (χ1) is 26.3. The molecule has 0 unspecified atom stereocenters. The van der Waals surface area contributed by atoms with Gasteiger partial charge in [0.25, 0.3) is 0 Å². The number of hydrogen-bond donors (Lipinski definition) is 0. The van der Waals surface area contributed by atoms with Crippen LogP contribution in [0.1, 0.15) is 73.9 Å². The van der Waals surface area contributed by atoms with Crippen LogP contribution in [0, 0.1) is 0 Å². The highest BCUT2D eigenvalue weighted by Gasteiger charge is 2.37. The van der Waals surface area contributed by atoms with Gasteiger partial charge in [-0.15, -0.1) is 0 Å². The molecule has 2 aliphatic heterocycles. The summed E-state index contributed by atoms with van der Waals surface area (Å²) in [5, 5.41) is 2.88. The van der Waals surface area contributed by atoms with Crippen molar-refractivity contribution in [3.63, 3.8) is 0 Å². The third kappa shape index (κ3) is 4.14. The summed E-state index contributed by atoms with van der Waals surface area (Å²) in [6, 6.07) is 49.0. The summed E-state index contributed by atoms with van der Waals surface area (Å²) in [4.78, 5) is 5.53. The quantitative estimate of drug-likeness (QED) is 0.174. The molecule has 0 atom stereocenters. The summed E-state index contributed by atoms with van der Waals surface area (Å²) in [6.45, 7) is 9.50. The molecular weight excluding hydrogens is 689 g/mol. The minimum Gasteiger partial charge on any atom is -0.0891 e. The van der Waals surface area contributed by atoms with Crippen LogP contribution in [0.15, 0.2) is 153 Å². The monoisotopic (exact) mass is 726 g/mol. The van der Waals surface area contributed by atoms with E-state index in [1.165, 1.54) is 119 Å². The van der Waals surface area contributed by atoms with E-state index in [4.69, 9.17) is 0 Å². The molecule has 7 aromatic rings. The molecule has 0 N–H and O–H groups in total. The largest absolute Gasteiger partial charge is 0.0891 e. The van der Waals surface area contributed by atoms with Crippen LogP contribution in [0.3, 0.4) is 0 Å². The molecule has 0 fully saturated rings. The lowest BCUT2D eigenvalue weighted by Gasteiger charge is -2.30. The van der Waals surface area contributed by atoms with E-state index in [0.717, 1.165) is 12.8 Å². The third-order valence-corrected chi connectivity index (χ3v) is 15.5. The van der Waals surface area contributed by atoms with Gasteiger partial charge >= 0.3 is 0 Å². The normalized spacial score (nSPS) is 17.3. The Morgan fingerprint density at radius 2 is 0.926 bits per heavy atom. The van der Waals surface area contributed by atoms with E-state index in [0.29, 0.717) is 0 Å². The maximum absolute atomic E-state index is 2.51. The highest BCUT2D eigenvalue weighted by atomic mass is 32.2. The van der Waals surface area contributed by atoms with Gasteiger partial charge in [-0.05, 0) is 138 Å². The smallest absolute Gasteiger partial charge is 0.0208 e. The van der Waals surface area contributed by atoms with Crippen LogP contribution in [0.25, 0.3) is 66.4 Å². The highest BCUT2D eigenvalue weighted by Crippen LogP contribution is 2.58. The summed E-state index contributed by atoms with van der Waals surface area (Å²) in [5.41, 5.74) is 22.4. The molecule has 0 radical (unpaired) electrons. The molecule has 3 aliphatic carbocycles. The Bertz CT molecular complexity index is 2930. The van der Waals surface area contributed by atoms with Crippen molar-refractivity contribution in [2.45, 2.75) is 66.1 Å². The average molecular weight is 727 g/mol. The number of rotatable bonds is 2. The van der Waals surface area contributed by atoms with Gasteiger partial charge in [-0.3, -0.25) is 0 Å². The van der Waals surface area contributed by atoms with Crippen molar-refractivity contribution in [3.8, 4) is 44.5 Å². The third-order valence-electron chi connectivity index (χ3n) is 13.2. The van der Waals surface area contributed by atoms with Gasteiger partial charge in [0.1, 0.15) is 0 Å². The molecule has 2 heterocycles. The minimum atomic E-state index is -0.00507. The molecule has 258 valence electrons. The van der Waals surface area contributed by atoms with Crippen molar-refractivity contribution in [1.82, 2.24) is 0 Å². The standard InChI is InChI=1S/C52H38S2/c1-51(2)41-11-7-5-9-33(41)35-17-13-29(25-43(35)51)31-15-19-37-39-21-22-40-38-20-16-32(28-48(38)54-46-24-23-45(49(39)50(40)46)53-47(37)27-31)30-14-18-36-34-10-6-8-12-42(34)52(3,4)44(36)26-30/h5-15,17-19,21-28H,16,20H2,1-4H3. The molecule has 7 aromatic carbocycles. The fourth-order valence-electron chi connectivity index (χ4n) is 10.4. The average Bonchev–Trinajstić information content (AvgIpc) is 3.58. The fourth-order valence-corrected chi connectivity index (χ4v) is 12.8. The van der Waals surface area contributed by atoms with E-state index in [-0.39, 0.29) is 10.8 Å². The van der Waals surface area contributed by atoms with E-state index >= 15 is 0 Å². The molecule has 0 amide bonds. The van der Waals surface area contributed by atoms with Gasteiger partial charge in [-0.25, -0.2) is 0 Å². The zero-order chi connectivity index (χ0) is 36.1. The van der Waals surface area contributed by atoms with Gasteiger partial charge in [0.05, 0.1) is 0 Å². The molecule has 0 saturated heterocycles. The van der Waals surface area contributed by atoms with Crippen molar-refractivity contribution >= 4 is 45.4 Å². The number of benzene rings is 7. The van der Waals surface area contributed by atoms with Crippen LogP contribution < -0.4 is 0 Å². The van der Waals surface area contributed by atoms with E-state index in [1.54, 1.807) is 0 Å². The summed E-state index contributed by atoms with van der Waals surface area (Å²) >= 11 is 3.92. The minimum absolute atomic E-state index is 0.00507. The molecule has 0 aromatic heterocycles. The maximum Gasteiger partial charge on any atom is 0.0208 e. The second kappa shape index (κ2) is 10.8. The van der Waals surface area contributed by atoms with E-state index in [1.807, 2.05) is 23.5 Å². The van der Waals surface area contributed by atoms with Crippen LogP contribution in [0.2, 0.25) is 0 Å². The van der Waals surface area contributed by atoms with Crippen LogP contribution in [0.4, 0.5) is 0 Å². The number of allylic oxidation sites excluding steroid dienone is 3. The summed E-state index contributed by atoms with van der Waals surface area (Å²) in [6.07, 6.45) is 4.64. The van der Waals surface area contributed by atoms with Crippen molar-refractivity contribution in [2.75, 3.05) is 0 Å². The summed E-state index contributed by atoms with van der Waals surface area (Å²) in [5.74, 6) is 0. The van der Waals surface area contributed by atoms with Gasteiger partial charge in [-0.2, -0.15) is 0 Å². The first kappa shape index (κ1) is 31.3. The topological polar surface area (TPSA) is 0 Å². The zero-order valence-corrected chi connectivity index (χ0v) is 32.6. The molecule has 2 heteroatoms. The molecule has 0 spiro atoms. The first-order valence-corrected chi connectivity index (χ1v) is 20.9. The van der Waals surface area contributed by atoms with Crippen molar-refractivity contribution in [1.29, 1.82) is 0 Å². The van der Waals surface area contributed by atoms with E-state index < -0.39 is 0 Å². The molecule has 0 saturated carbocycles. The molecule has 0 nitrogen and oxygen atoms in total. The van der Waals surface area contributed by atoms with Crippen LogP contribution >= 0.6 is 23.5 Å². The predicted molar refractivity (Wildman–Crippen MR) is 231 cm³/mol. The molecular formula is C52H38S2. The second-order valence-corrected chi connectivity index (χ2v) is 18.9. The van der Waals surface area contributed by atoms with Gasteiger partial charge < -0.3 is 0 Å². The molecule has 54 heavy (non-hydrogen) atoms. The van der Waals surface area contributed by atoms with Crippen molar-refractivity contribution in [2.24, 2.45) is 0 Å². The molecule has 12 rings (SSSR count). The van der Waals surface area contributed by atoms with Gasteiger partial charge in [0.2, 0.25) is 0 Å². The Hall–Kier alpha value is -5.02. The van der Waals surface area contributed by atoms with Crippen molar-refractivity contribution < 1.29 is 0 Å². The number of thioether (sulfide) groups is 1. The molecule has 0 bridgehead atoms. The van der Waals surface area contributed by atoms with Crippen LogP contribution in [-0.2, 0) is 10.8 Å². The lowest BCUT2D eigenvalue weighted by molar-refractivity contribution is 0.660. The Labute approximate surface area is 326 Å². The Morgan fingerprint density at radius 1 is 0.407 bits per heavy atom. The maximum atomic E-state index is 2.51. The summed E-state index contributed by atoms with van der Waals surface area (Å²) < 4.78 is 0. The predicted octanol–water partition coefficient (Wildman–Crippen LogP) is 14.9.